The molecule has 0 saturated carbocycles. The van der Waals surface area contributed by atoms with Crippen LogP contribution in [0.4, 0.5) is 4.39 Å². The van der Waals surface area contributed by atoms with Gasteiger partial charge in [0, 0.05) is 30.8 Å². The molecule has 0 N–H and O–H groups in total. The number of halogens is 1. The summed E-state index contributed by atoms with van der Waals surface area (Å²) in [4.78, 5) is 35.8. The van der Waals surface area contributed by atoms with Crippen molar-refractivity contribution in [1.29, 1.82) is 0 Å². The number of amides is 1. The number of piperidine rings is 1. The molecule has 3 aromatic rings. The van der Waals surface area contributed by atoms with Gasteiger partial charge in [-0.15, -0.1) is 0 Å². The highest BCUT2D eigenvalue weighted by Gasteiger charge is 2.30. The van der Waals surface area contributed by atoms with Crippen LogP contribution in [0.25, 0.3) is 11.1 Å². The lowest BCUT2D eigenvalue weighted by atomic mass is 9.89. The molecule has 1 amide bonds. The van der Waals surface area contributed by atoms with Crippen LogP contribution < -0.4 is 0 Å². The molecule has 178 valence electrons. The molecule has 1 fully saturated rings. The number of nitrogens with zero attached hydrogens (tertiary/aromatic N) is 3. The molecular formula is C25H26FN3O4S. The summed E-state index contributed by atoms with van der Waals surface area (Å²) >= 11 is 1.20. The number of hydrogen-bond acceptors (Lipinski definition) is 7. The SMILES string of the molecule is COC(=O)CSc1ncc(-c2ccc(F)cc2)c([C@H]2CCCN(C(=O)c3cc(C)oc3C)C2)n1. The van der Waals surface area contributed by atoms with E-state index in [4.69, 9.17) is 14.1 Å². The predicted molar refractivity (Wildman–Crippen MR) is 126 cm³/mol. The summed E-state index contributed by atoms with van der Waals surface area (Å²) in [6.07, 6.45) is 3.38. The number of aryl methyl sites for hydroxylation is 2. The second-order valence-corrected chi connectivity index (χ2v) is 9.18. The summed E-state index contributed by atoms with van der Waals surface area (Å²) in [7, 11) is 1.34. The van der Waals surface area contributed by atoms with E-state index in [-0.39, 0.29) is 29.4 Å². The standard InChI is InChI=1S/C25H26FN3O4S/c1-15-11-20(16(2)33-15)24(31)29-10-4-5-18(13-29)23-21(17-6-8-19(26)9-7-17)12-27-25(28-23)34-14-22(30)32-3/h6-9,11-12,18H,4-5,10,13-14H2,1-3H3/t18-/m0/s1. The van der Waals surface area contributed by atoms with Gasteiger partial charge in [-0.25, -0.2) is 14.4 Å². The summed E-state index contributed by atoms with van der Waals surface area (Å²) in [6, 6.07) is 7.97. The Labute approximate surface area is 201 Å². The van der Waals surface area contributed by atoms with E-state index in [1.54, 1.807) is 31.3 Å². The number of carbonyl (C=O) groups excluding carboxylic acids is 2. The molecule has 1 atom stereocenters. The molecule has 0 radical (unpaired) electrons. The number of carbonyl (C=O) groups is 2. The van der Waals surface area contributed by atoms with Gasteiger partial charge < -0.3 is 14.1 Å². The van der Waals surface area contributed by atoms with E-state index in [2.05, 4.69) is 4.98 Å². The average molecular weight is 484 g/mol. The van der Waals surface area contributed by atoms with Gasteiger partial charge in [-0.1, -0.05) is 23.9 Å². The van der Waals surface area contributed by atoms with E-state index in [0.29, 0.717) is 35.3 Å². The highest BCUT2D eigenvalue weighted by atomic mass is 32.2. The Kier molecular flexibility index (Phi) is 7.31. The number of aromatic nitrogens is 2. The summed E-state index contributed by atoms with van der Waals surface area (Å²) in [5.74, 6) is 0.634. The maximum atomic E-state index is 13.5. The van der Waals surface area contributed by atoms with Crippen LogP contribution in [0.3, 0.4) is 0 Å². The fraction of sp³-hybridized carbons (Fsp3) is 0.360. The first-order valence-corrected chi connectivity index (χ1v) is 12.0. The number of ether oxygens (including phenoxy) is 1. The van der Waals surface area contributed by atoms with Gasteiger partial charge in [0.1, 0.15) is 17.3 Å². The average Bonchev–Trinajstić information content (AvgIpc) is 3.20. The van der Waals surface area contributed by atoms with E-state index >= 15 is 0 Å². The van der Waals surface area contributed by atoms with E-state index in [9.17, 15) is 14.0 Å². The number of hydrogen-bond donors (Lipinski definition) is 0. The molecule has 0 bridgehead atoms. The normalized spacial score (nSPS) is 15.9. The molecule has 4 rings (SSSR count). The van der Waals surface area contributed by atoms with Crippen LogP contribution in [-0.4, -0.2) is 52.7 Å². The van der Waals surface area contributed by atoms with Crippen LogP contribution in [0.5, 0.6) is 0 Å². The van der Waals surface area contributed by atoms with Crippen LogP contribution in [0, 0.1) is 19.7 Å². The van der Waals surface area contributed by atoms with Gasteiger partial charge in [0.05, 0.1) is 24.1 Å². The number of benzene rings is 1. The van der Waals surface area contributed by atoms with E-state index in [1.165, 1.54) is 31.0 Å². The van der Waals surface area contributed by atoms with Crippen molar-refractivity contribution >= 4 is 23.6 Å². The molecule has 1 aliphatic rings. The third-order valence-electron chi connectivity index (χ3n) is 5.86. The van der Waals surface area contributed by atoms with Crippen LogP contribution in [0.1, 0.15) is 46.3 Å². The second-order valence-electron chi connectivity index (χ2n) is 8.24. The van der Waals surface area contributed by atoms with Crippen molar-refractivity contribution in [3.63, 3.8) is 0 Å². The lowest BCUT2D eigenvalue weighted by molar-refractivity contribution is -0.137. The zero-order valence-electron chi connectivity index (χ0n) is 19.3. The van der Waals surface area contributed by atoms with Crippen molar-refractivity contribution in [3.05, 3.63) is 65.1 Å². The fourth-order valence-corrected chi connectivity index (χ4v) is 4.85. The Morgan fingerprint density at radius 3 is 2.71 bits per heavy atom. The number of esters is 1. The first-order valence-electron chi connectivity index (χ1n) is 11.0. The molecule has 0 aliphatic carbocycles. The Hall–Kier alpha value is -3.20. The third kappa shape index (κ3) is 5.30. The first kappa shape index (κ1) is 23.9. The zero-order chi connectivity index (χ0) is 24.2. The van der Waals surface area contributed by atoms with Gasteiger partial charge in [0.25, 0.3) is 5.91 Å². The maximum Gasteiger partial charge on any atom is 0.316 e. The molecule has 1 aromatic carbocycles. The van der Waals surface area contributed by atoms with Crippen molar-refractivity contribution < 1.29 is 23.1 Å². The van der Waals surface area contributed by atoms with E-state index in [1.807, 2.05) is 11.8 Å². The summed E-state index contributed by atoms with van der Waals surface area (Å²) in [6.45, 7) is 4.77. The third-order valence-corrected chi connectivity index (χ3v) is 6.70. The molecular weight excluding hydrogens is 457 g/mol. The minimum Gasteiger partial charge on any atom is -0.468 e. The van der Waals surface area contributed by atoms with Crippen molar-refractivity contribution in [1.82, 2.24) is 14.9 Å². The van der Waals surface area contributed by atoms with E-state index < -0.39 is 0 Å². The summed E-state index contributed by atoms with van der Waals surface area (Å²) < 4.78 is 23.8. The van der Waals surface area contributed by atoms with Crippen molar-refractivity contribution in [2.24, 2.45) is 0 Å². The number of furan rings is 1. The minimum atomic E-state index is -0.363. The van der Waals surface area contributed by atoms with Gasteiger partial charge in [-0.05, 0) is 50.5 Å². The maximum absolute atomic E-state index is 13.5. The highest BCUT2D eigenvalue weighted by molar-refractivity contribution is 7.99. The zero-order valence-corrected chi connectivity index (χ0v) is 20.2. The van der Waals surface area contributed by atoms with Gasteiger partial charge >= 0.3 is 5.97 Å². The second kappa shape index (κ2) is 10.4. The van der Waals surface area contributed by atoms with Gasteiger partial charge in [-0.3, -0.25) is 9.59 Å². The molecule has 2 aromatic heterocycles. The Morgan fingerprint density at radius 1 is 1.26 bits per heavy atom. The van der Waals surface area contributed by atoms with Crippen molar-refractivity contribution in [2.45, 2.75) is 37.8 Å². The topological polar surface area (TPSA) is 85.5 Å². The van der Waals surface area contributed by atoms with Crippen LogP contribution in [-0.2, 0) is 9.53 Å². The van der Waals surface area contributed by atoms with Gasteiger partial charge in [0.2, 0.25) is 0 Å². The Balaban J connectivity index is 1.65. The Morgan fingerprint density at radius 2 is 2.03 bits per heavy atom. The summed E-state index contributed by atoms with van der Waals surface area (Å²) in [5.41, 5.74) is 2.95. The fourth-order valence-electron chi connectivity index (χ4n) is 4.19. The summed E-state index contributed by atoms with van der Waals surface area (Å²) in [5, 5.41) is 0.455. The minimum absolute atomic E-state index is 0.0356. The number of likely N-dealkylation sites (tertiary alicyclic amines) is 1. The molecule has 9 heteroatoms. The van der Waals surface area contributed by atoms with Crippen molar-refractivity contribution in [2.75, 3.05) is 26.0 Å². The molecule has 7 nitrogen and oxygen atoms in total. The van der Waals surface area contributed by atoms with Crippen molar-refractivity contribution in [3.8, 4) is 11.1 Å². The van der Waals surface area contributed by atoms with Gasteiger partial charge in [0.15, 0.2) is 5.16 Å². The lowest BCUT2D eigenvalue weighted by Crippen LogP contribution is -2.39. The van der Waals surface area contributed by atoms with Gasteiger partial charge in [-0.2, -0.15) is 0 Å². The molecule has 1 saturated heterocycles. The Bertz CT molecular complexity index is 1200. The lowest BCUT2D eigenvalue weighted by Gasteiger charge is -2.33. The predicted octanol–water partition coefficient (Wildman–Crippen LogP) is 4.78. The molecule has 34 heavy (non-hydrogen) atoms. The quantitative estimate of drug-likeness (QED) is 0.283. The highest BCUT2D eigenvalue weighted by Crippen LogP contribution is 2.35. The molecule has 0 unspecified atom stereocenters. The largest absolute Gasteiger partial charge is 0.468 e. The number of methoxy groups -OCH3 is 1. The number of rotatable bonds is 6. The number of thioether (sulfide) groups is 1. The molecule has 1 aliphatic heterocycles. The molecule has 3 heterocycles. The smallest absolute Gasteiger partial charge is 0.316 e. The first-order chi connectivity index (χ1) is 16.4. The molecule has 0 spiro atoms. The van der Waals surface area contributed by atoms with Crippen LogP contribution >= 0.6 is 11.8 Å². The van der Waals surface area contributed by atoms with Crippen LogP contribution in [0.15, 0.2) is 46.1 Å². The monoisotopic (exact) mass is 483 g/mol. The van der Waals surface area contributed by atoms with Crippen LogP contribution in [0.2, 0.25) is 0 Å². The van der Waals surface area contributed by atoms with E-state index in [0.717, 1.165) is 29.7 Å².